The number of nitrogens with zero attached hydrogens (tertiary/aromatic N) is 2. The molecule has 3 aromatic rings. The molecule has 0 unspecified atom stereocenters. The summed E-state index contributed by atoms with van der Waals surface area (Å²) in [4.78, 5) is 12.1. The Hall–Kier alpha value is -3.54. The molecule has 5 nitrogen and oxygen atoms in total. The van der Waals surface area contributed by atoms with Gasteiger partial charge in [0.15, 0.2) is 0 Å². The number of azo groups is 1. The molecule has 0 aliphatic heterocycles. The minimum atomic E-state index is -0.546. The third-order valence-electron chi connectivity index (χ3n) is 3.88. The molecule has 0 bridgehead atoms. The van der Waals surface area contributed by atoms with Crippen LogP contribution < -0.4 is 4.74 Å². The molecule has 0 fully saturated rings. The molecule has 3 aromatic carbocycles. The van der Waals surface area contributed by atoms with Crippen LogP contribution in [-0.2, 0) is 0 Å². The number of esters is 1. The number of halogens is 1. The number of ether oxygens (including phenoxy) is 1. The zero-order valence-electron chi connectivity index (χ0n) is 14.8. The largest absolute Gasteiger partial charge is 0.507 e. The maximum atomic E-state index is 12.9. The topological polar surface area (TPSA) is 71.2 Å². The highest BCUT2D eigenvalue weighted by Gasteiger charge is 2.09. The van der Waals surface area contributed by atoms with Gasteiger partial charge in [0.25, 0.3) is 0 Å². The SMILES string of the molecule is Cc1cc(/N=N/c2ccc(C(=O)Oc3ccc(F)cc3)cc2)cc(C)c1O. The van der Waals surface area contributed by atoms with Gasteiger partial charge < -0.3 is 9.84 Å². The van der Waals surface area contributed by atoms with Gasteiger partial charge in [0.05, 0.1) is 16.9 Å². The van der Waals surface area contributed by atoms with Crippen LogP contribution in [0.15, 0.2) is 70.9 Å². The predicted octanol–water partition coefficient (Wildman–Crippen LogP) is 5.78. The standard InChI is InChI=1S/C21H17FN2O3/c1-13-11-18(12-14(2)20(13)25)24-23-17-7-3-15(4-8-17)21(26)27-19-9-5-16(22)6-10-19/h3-12,25H,1-2H3/b24-23+. The highest BCUT2D eigenvalue weighted by molar-refractivity contribution is 5.91. The van der Waals surface area contributed by atoms with Crippen molar-refractivity contribution in [3.8, 4) is 11.5 Å². The molecule has 0 aliphatic rings. The normalized spacial score (nSPS) is 10.9. The third kappa shape index (κ3) is 4.55. The lowest BCUT2D eigenvalue weighted by molar-refractivity contribution is 0.0734. The number of carbonyl (C=O) groups is 1. The smallest absolute Gasteiger partial charge is 0.343 e. The van der Waals surface area contributed by atoms with Gasteiger partial charge in [0.1, 0.15) is 17.3 Å². The lowest BCUT2D eigenvalue weighted by atomic mass is 10.1. The average Bonchev–Trinajstić information content (AvgIpc) is 2.66. The number of carbonyl (C=O) groups excluding carboxylic acids is 1. The summed E-state index contributed by atoms with van der Waals surface area (Å²) in [5, 5.41) is 18.1. The van der Waals surface area contributed by atoms with Crippen molar-refractivity contribution in [1.29, 1.82) is 0 Å². The zero-order valence-corrected chi connectivity index (χ0v) is 14.8. The van der Waals surface area contributed by atoms with Gasteiger partial charge in [0, 0.05) is 0 Å². The summed E-state index contributed by atoms with van der Waals surface area (Å²) >= 11 is 0. The molecular weight excluding hydrogens is 347 g/mol. The molecule has 1 N–H and O–H groups in total. The lowest BCUT2D eigenvalue weighted by Crippen LogP contribution is -2.08. The predicted molar refractivity (Wildman–Crippen MR) is 99.6 cm³/mol. The van der Waals surface area contributed by atoms with E-state index in [0.717, 1.165) is 11.1 Å². The second-order valence-electron chi connectivity index (χ2n) is 6.02. The van der Waals surface area contributed by atoms with Crippen LogP contribution in [0.5, 0.6) is 11.5 Å². The number of hydrogen-bond donors (Lipinski definition) is 1. The van der Waals surface area contributed by atoms with Crippen LogP contribution in [0.4, 0.5) is 15.8 Å². The third-order valence-corrected chi connectivity index (χ3v) is 3.88. The first kappa shape index (κ1) is 18.3. The van der Waals surface area contributed by atoms with Crippen molar-refractivity contribution in [2.24, 2.45) is 10.2 Å². The molecule has 27 heavy (non-hydrogen) atoms. The molecule has 6 heteroatoms. The first-order chi connectivity index (χ1) is 12.9. The first-order valence-corrected chi connectivity index (χ1v) is 8.22. The highest BCUT2D eigenvalue weighted by atomic mass is 19.1. The van der Waals surface area contributed by atoms with Crippen molar-refractivity contribution < 1.29 is 19.0 Å². The summed E-state index contributed by atoms with van der Waals surface area (Å²) in [6, 6.07) is 15.1. The number of aryl methyl sites for hydroxylation is 2. The Balaban J connectivity index is 1.69. The van der Waals surface area contributed by atoms with Gasteiger partial charge in [-0.3, -0.25) is 0 Å². The minimum Gasteiger partial charge on any atom is -0.507 e. The molecule has 0 spiro atoms. The number of rotatable bonds is 4. The van der Waals surface area contributed by atoms with Gasteiger partial charge in [-0.1, -0.05) is 0 Å². The molecule has 0 atom stereocenters. The van der Waals surface area contributed by atoms with E-state index in [9.17, 15) is 14.3 Å². The Bertz CT molecular complexity index is 974. The van der Waals surface area contributed by atoms with Gasteiger partial charge in [-0.15, -0.1) is 0 Å². The van der Waals surface area contributed by atoms with E-state index in [0.29, 0.717) is 16.9 Å². The van der Waals surface area contributed by atoms with Crippen molar-refractivity contribution in [3.63, 3.8) is 0 Å². The number of phenolic OH excluding ortho intramolecular Hbond substituents is 1. The Labute approximate surface area is 155 Å². The molecule has 3 rings (SSSR count). The first-order valence-electron chi connectivity index (χ1n) is 8.22. The molecule has 0 saturated carbocycles. The van der Waals surface area contributed by atoms with Crippen molar-refractivity contribution >= 4 is 17.3 Å². The van der Waals surface area contributed by atoms with Crippen LogP contribution >= 0.6 is 0 Å². The Kier molecular flexibility index (Phi) is 5.26. The van der Waals surface area contributed by atoms with Gasteiger partial charge >= 0.3 is 5.97 Å². The molecule has 136 valence electrons. The summed E-state index contributed by atoms with van der Waals surface area (Å²) in [5.41, 5.74) is 2.99. The Morgan fingerprint density at radius 3 is 2.04 bits per heavy atom. The van der Waals surface area contributed by atoms with Gasteiger partial charge in [0.2, 0.25) is 0 Å². The lowest BCUT2D eigenvalue weighted by Gasteiger charge is -2.05. The molecule has 0 radical (unpaired) electrons. The van der Waals surface area contributed by atoms with Crippen LogP contribution in [0.25, 0.3) is 0 Å². The number of benzene rings is 3. The van der Waals surface area contributed by atoms with Crippen LogP contribution in [0.3, 0.4) is 0 Å². The second kappa shape index (κ2) is 7.78. The molecule has 0 saturated heterocycles. The summed E-state index contributed by atoms with van der Waals surface area (Å²) in [5.74, 6) is -0.431. The summed E-state index contributed by atoms with van der Waals surface area (Å²) in [7, 11) is 0. The van der Waals surface area contributed by atoms with Crippen molar-refractivity contribution in [2.45, 2.75) is 13.8 Å². The van der Waals surface area contributed by atoms with E-state index >= 15 is 0 Å². The molecular formula is C21H17FN2O3. The maximum Gasteiger partial charge on any atom is 0.343 e. The van der Waals surface area contributed by atoms with E-state index in [2.05, 4.69) is 10.2 Å². The highest BCUT2D eigenvalue weighted by Crippen LogP contribution is 2.28. The summed E-state index contributed by atoms with van der Waals surface area (Å²) in [6.45, 7) is 3.59. The van der Waals surface area contributed by atoms with Crippen LogP contribution in [-0.4, -0.2) is 11.1 Å². The van der Waals surface area contributed by atoms with Crippen LogP contribution in [0.2, 0.25) is 0 Å². The summed E-state index contributed by atoms with van der Waals surface area (Å²) < 4.78 is 18.1. The fraction of sp³-hybridized carbons (Fsp3) is 0.0952. The fourth-order valence-electron chi connectivity index (χ4n) is 2.44. The van der Waals surface area contributed by atoms with Gasteiger partial charge in [-0.2, -0.15) is 10.2 Å². The monoisotopic (exact) mass is 364 g/mol. The van der Waals surface area contributed by atoms with E-state index < -0.39 is 11.8 Å². The maximum absolute atomic E-state index is 12.9. The van der Waals surface area contributed by atoms with E-state index in [1.54, 1.807) is 50.2 Å². The van der Waals surface area contributed by atoms with Crippen molar-refractivity contribution in [3.05, 3.63) is 83.2 Å². The minimum absolute atomic E-state index is 0.248. The van der Waals surface area contributed by atoms with Gasteiger partial charge in [-0.05, 0) is 85.6 Å². The van der Waals surface area contributed by atoms with Crippen LogP contribution in [0.1, 0.15) is 21.5 Å². The second-order valence-corrected chi connectivity index (χ2v) is 6.02. The van der Waals surface area contributed by atoms with E-state index in [4.69, 9.17) is 4.74 Å². The number of hydrogen-bond acceptors (Lipinski definition) is 5. The molecule has 0 aromatic heterocycles. The van der Waals surface area contributed by atoms with Crippen molar-refractivity contribution in [2.75, 3.05) is 0 Å². The fourth-order valence-corrected chi connectivity index (χ4v) is 2.44. The van der Waals surface area contributed by atoms with Gasteiger partial charge in [-0.25, -0.2) is 9.18 Å². The molecule has 0 heterocycles. The van der Waals surface area contributed by atoms with E-state index in [-0.39, 0.29) is 11.5 Å². The van der Waals surface area contributed by atoms with Crippen molar-refractivity contribution in [1.82, 2.24) is 0 Å². The Morgan fingerprint density at radius 1 is 0.889 bits per heavy atom. The molecule has 0 aliphatic carbocycles. The van der Waals surface area contributed by atoms with E-state index in [1.165, 1.54) is 24.3 Å². The average molecular weight is 364 g/mol. The summed E-state index contributed by atoms with van der Waals surface area (Å²) in [6.07, 6.45) is 0. The van der Waals surface area contributed by atoms with E-state index in [1.807, 2.05) is 0 Å². The molecule has 0 amide bonds. The quantitative estimate of drug-likeness (QED) is 0.362. The Morgan fingerprint density at radius 2 is 1.44 bits per heavy atom. The number of aromatic hydroxyl groups is 1. The van der Waals surface area contributed by atoms with Crippen LogP contribution in [0, 0.1) is 19.7 Å². The number of phenols is 1. The zero-order chi connectivity index (χ0) is 19.4.